The van der Waals surface area contributed by atoms with E-state index in [1.807, 2.05) is 0 Å². The van der Waals surface area contributed by atoms with Gasteiger partial charge in [-0.1, -0.05) is 0 Å². The van der Waals surface area contributed by atoms with E-state index in [1.54, 1.807) is 20.9 Å². The Kier molecular flexibility index (Phi) is 4.02. The Labute approximate surface area is 98.1 Å². The van der Waals surface area contributed by atoms with Crippen LogP contribution in [0.2, 0.25) is 0 Å². The first kappa shape index (κ1) is 12.9. The number of anilines is 1. The molecular weight excluding hydrogens is 226 g/mol. The van der Waals surface area contributed by atoms with Crippen molar-refractivity contribution in [2.75, 3.05) is 18.4 Å². The van der Waals surface area contributed by atoms with Crippen LogP contribution in [0.1, 0.15) is 12.6 Å². The van der Waals surface area contributed by atoms with Gasteiger partial charge in [-0.3, -0.25) is 14.9 Å². The lowest BCUT2D eigenvalue weighted by Gasteiger charge is -2.05. The highest BCUT2D eigenvalue weighted by atomic mass is 16.6. The summed E-state index contributed by atoms with van der Waals surface area (Å²) >= 11 is 0. The van der Waals surface area contributed by atoms with Gasteiger partial charge < -0.3 is 10.6 Å². The monoisotopic (exact) mass is 241 g/mol. The zero-order valence-corrected chi connectivity index (χ0v) is 9.98. The average molecular weight is 241 g/mol. The Morgan fingerprint density at radius 2 is 2.24 bits per heavy atom. The minimum Gasteiger partial charge on any atom is -0.355 e. The van der Waals surface area contributed by atoms with Crippen LogP contribution in [-0.2, 0) is 11.8 Å². The van der Waals surface area contributed by atoms with Crippen molar-refractivity contribution in [3.8, 4) is 0 Å². The van der Waals surface area contributed by atoms with Gasteiger partial charge in [0, 0.05) is 13.6 Å². The molecule has 2 N–H and O–H groups in total. The zero-order chi connectivity index (χ0) is 13.0. The number of carbonyl (C=O) groups is 1. The van der Waals surface area contributed by atoms with Gasteiger partial charge in [-0.15, -0.1) is 0 Å². The predicted octanol–water partition coefficient (Wildman–Crippen LogP) is 0.185. The second-order valence-electron chi connectivity index (χ2n) is 3.47. The minimum atomic E-state index is -0.512. The van der Waals surface area contributed by atoms with Gasteiger partial charge in [0.2, 0.25) is 11.7 Å². The average Bonchev–Trinajstić information content (AvgIpc) is 2.50. The highest BCUT2D eigenvalue weighted by Gasteiger charge is 2.23. The van der Waals surface area contributed by atoms with E-state index in [0.717, 1.165) is 0 Å². The number of likely N-dealkylation sites (N-methyl/N-ethyl adjacent to an activating group) is 1. The van der Waals surface area contributed by atoms with Gasteiger partial charge in [0.1, 0.15) is 5.69 Å². The van der Waals surface area contributed by atoms with Crippen molar-refractivity contribution in [3.05, 3.63) is 15.8 Å². The predicted molar refractivity (Wildman–Crippen MR) is 61.8 cm³/mol. The highest BCUT2D eigenvalue weighted by Crippen LogP contribution is 2.26. The number of aryl methyl sites for hydroxylation is 2. The molecule has 8 nitrogen and oxygen atoms in total. The van der Waals surface area contributed by atoms with Gasteiger partial charge in [0.25, 0.3) is 0 Å². The largest absolute Gasteiger partial charge is 0.355 e. The molecule has 0 saturated heterocycles. The normalized spacial score (nSPS) is 10.1. The molecule has 1 heterocycles. The molecule has 0 unspecified atom stereocenters. The van der Waals surface area contributed by atoms with Crippen LogP contribution in [0, 0.1) is 17.0 Å². The molecule has 0 fully saturated rings. The molecule has 17 heavy (non-hydrogen) atoms. The first-order valence-electron chi connectivity index (χ1n) is 5.16. The standard InChI is InChI=1S/C9H15N5O3/c1-4-10-7(15)5-11-9-8(14(16)17)6(2)12-13(9)3/h11H,4-5H2,1-3H3,(H,10,15). The Morgan fingerprint density at radius 1 is 1.59 bits per heavy atom. The minimum absolute atomic E-state index is 0.0202. The van der Waals surface area contributed by atoms with Crippen LogP contribution < -0.4 is 10.6 Å². The molecule has 1 aromatic heterocycles. The molecule has 8 heteroatoms. The number of amides is 1. The van der Waals surface area contributed by atoms with Crippen LogP contribution >= 0.6 is 0 Å². The summed E-state index contributed by atoms with van der Waals surface area (Å²) in [5.41, 5.74) is 0.215. The summed E-state index contributed by atoms with van der Waals surface area (Å²) in [6, 6.07) is 0. The van der Waals surface area contributed by atoms with Crippen molar-refractivity contribution in [2.45, 2.75) is 13.8 Å². The topological polar surface area (TPSA) is 102 Å². The number of carbonyl (C=O) groups excluding carboxylic acids is 1. The third-order valence-electron chi connectivity index (χ3n) is 2.16. The Bertz CT molecular complexity index is 440. The fourth-order valence-corrected chi connectivity index (χ4v) is 1.49. The molecule has 0 bridgehead atoms. The van der Waals surface area contributed by atoms with E-state index >= 15 is 0 Å². The molecule has 1 rings (SSSR count). The molecule has 0 saturated carbocycles. The van der Waals surface area contributed by atoms with Gasteiger partial charge in [-0.25, -0.2) is 4.68 Å². The molecule has 0 aliphatic rings. The molecule has 0 aromatic carbocycles. The number of rotatable bonds is 5. The van der Waals surface area contributed by atoms with Crippen molar-refractivity contribution >= 4 is 17.4 Å². The van der Waals surface area contributed by atoms with E-state index in [4.69, 9.17) is 0 Å². The zero-order valence-electron chi connectivity index (χ0n) is 9.98. The van der Waals surface area contributed by atoms with Gasteiger partial charge in [-0.05, 0) is 13.8 Å². The summed E-state index contributed by atoms with van der Waals surface area (Å²) in [4.78, 5) is 21.6. The molecule has 0 atom stereocenters. The molecule has 0 aliphatic heterocycles. The summed E-state index contributed by atoms with van der Waals surface area (Å²) < 4.78 is 1.35. The molecular formula is C9H15N5O3. The maximum Gasteiger partial charge on any atom is 0.333 e. The summed E-state index contributed by atoms with van der Waals surface area (Å²) in [5, 5.41) is 20.1. The third-order valence-corrected chi connectivity index (χ3v) is 2.16. The van der Waals surface area contributed by atoms with Gasteiger partial charge in [-0.2, -0.15) is 5.10 Å². The van der Waals surface area contributed by atoms with Crippen LogP contribution in [0.3, 0.4) is 0 Å². The fourth-order valence-electron chi connectivity index (χ4n) is 1.49. The number of hydrogen-bond donors (Lipinski definition) is 2. The number of nitro groups is 1. The first-order valence-corrected chi connectivity index (χ1v) is 5.16. The van der Waals surface area contributed by atoms with Crippen molar-refractivity contribution in [2.24, 2.45) is 7.05 Å². The molecule has 1 amide bonds. The van der Waals surface area contributed by atoms with Gasteiger partial charge in [0.05, 0.1) is 11.5 Å². The van der Waals surface area contributed by atoms with Crippen LogP contribution in [0.5, 0.6) is 0 Å². The second kappa shape index (κ2) is 5.28. The number of aromatic nitrogens is 2. The van der Waals surface area contributed by atoms with Crippen LogP contribution in [0.4, 0.5) is 11.5 Å². The molecule has 94 valence electrons. The highest BCUT2D eigenvalue weighted by molar-refractivity contribution is 5.81. The van der Waals surface area contributed by atoms with E-state index in [9.17, 15) is 14.9 Å². The maximum atomic E-state index is 11.2. The smallest absolute Gasteiger partial charge is 0.333 e. The molecule has 0 spiro atoms. The SMILES string of the molecule is CCNC(=O)CNc1c([N+](=O)[O-])c(C)nn1C. The maximum absolute atomic E-state index is 11.2. The van der Waals surface area contributed by atoms with Crippen LogP contribution in [0.25, 0.3) is 0 Å². The van der Waals surface area contributed by atoms with Crippen LogP contribution in [-0.4, -0.2) is 33.7 Å². The Balaban J connectivity index is 2.83. The number of hydrogen-bond acceptors (Lipinski definition) is 5. The number of nitrogens with zero attached hydrogens (tertiary/aromatic N) is 3. The van der Waals surface area contributed by atoms with E-state index in [0.29, 0.717) is 12.2 Å². The molecule has 1 aromatic rings. The summed E-state index contributed by atoms with van der Waals surface area (Å²) in [6.45, 7) is 3.85. The van der Waals surface area contributed by atoms with E-state index in [-0.39, 0.29) is 24.0 Å². The molecule has 0 aliphatic carbocycles. The van der Waals surface area contributed by atoms with Crippen molar-refractivity contribution in [1.29, 1.82) is 0 Å². The third kappa shape index (κ3) is 2.92. The summed E-state index contributed by atoms with van der Waals surface area (Å²) in [6.07, 6.45) is 0. The summed E-state index contributed by atoms with van der Waals surface area (Å²) in [7, 11) is 1.58. The molecule has 0 radical (unpaired) electrons. The lowest BCUT2D eigenvalue weighted by molar-refractivity contribution is -0.384. The van der Waals surface area contributed by atoms with E-state index < -0.39 is 4.92 Å². The van der Waals surface area contributed by atoms with Crippen molar-refractivity contribution < 1.29 is 9.72 Å². The summed E-state index contributed by atoms with van der Waals surface area (Å²) in [5.74, 6) is 0.0133. The first-order chi connectivity index (χ1) is 7.97. The van der Waals surface area contributed by atoms with E-state index in [1.165, 1.54) is 4.68 Å². The Hall–Kier alpha value is -2.12. The van der Waals surface area contributed by atoms with Gasteiger partial charge in [0.15, 0.2) is 0 Å². The van der Waals surface area contributed by atoms with Crippen LogP contribution in [0.15, 0.2) is 0 Å². The Morgan fingerprint density at radius 3 is 2.76 bits per heavy atom. The lowest BCUT2D eigenvalue weighted by atomic mass is 10.4. The van der Waals surface area contributed by atoms with Gasteiger partial charge >= 0.3 is 5.69 Å². The number of nitrogens with one attached hydrogen (secondary N) is 2. The fraction of sp³-hybridized carbons (Fsp3) is 0.556. The second-order valence-corrected chi connectivity index (χ2v) is 3.47. The lowest BCUT2D eigenvalue weighted by Crippen LogP contribution is -2.30. The van der Waals surface area contributed by atoms with Crippen molar-refractivity contribution in [1.82, 2.24) is 15.1 Å². The van der Waals surface area contributed by atoms with E-state index in [2.05, 4.69) is 15.7 Å². The quantitative estimate of drug-likeness (QED) is 0.565. The van der Waals surface area contributed by atoms with Crippen molar-refractivity contribution in [3.63, 3.8) is 0 Å².